The van der Waals surface area contributed by atoms with Gasteiger partial charge >= 0.3 is 12.5 Å². The number of piperidine rings is 1. The summed E-state index contributed by atoms with van der Waals surface area (Å²) in [7, 11) is -0.964. The number of nitrogens with one attached hydrogen (secondary N) is 2. The molecule has 2 aliphatic rings. The Morgan fingerprint density at radius 3 is 2.52 bits per heavy atom. The molecule has 0 amide bonds. The van der Waals surface area contributed by atoms with Gasteiger partial charge in [0.1, 0.15) is 13.3 Å². The highest BCUT2D eigenvalue weighted by Crippen LogP contribution is 2.52. The van der Waals surface area contributed by atoms with Gasteiger partial charge in [0.2, 0.25) is 0 Å². The molecule has 0 bridgehead atoms. The van der Waals surface area contributed by atoms with Gasteiger partial charge in [0.05, 0.1) is 40.0 Å². The Morgan fingerprint density at radius 2 is 1.84 bits per heavy atom. The summed E-state index contributed by atoms with van der Waals surface area (Å²) in [5, 5.41) is 6.60. The van der Waals surface area contributed by atoms with Crippen molar-refractivity contribution >= 4 is 45.2 Å². The van der Waals surface area contributed by atoms with Crippen LogP contribution in [0, 0.1) is 11.8 Å². The average Bonchev–Trinajstić information content (AvgIpc) is 3.52. The maximum Gasteiger partial charge on any atom is 0.573 e. The highest BCUT2D eigenvalue weighted by molar-refractivity contribution is 7.71. The second kappa shape index (κ2) is 12.8. The first kappa shape index (κ1) is 32.5. The van der Waals surface area contributed by atoms with Gasteiger partial charge in [-0.1, -0.05) is 24.0 Å². The fraction of sp³-hybridized carbons (Fsp3) is 0.467. The topological polar surface area (TPSA) is 53.6 Å². The minimum absolute atomic E-state index is 0.0134. The van der Waals surface area contributed by atoms with E-state index in [1.807, 2.05) is 11.9 Å². The second-order valence-electron chi connectivity index (χ2n) is 11.1. The van der Waals surface area contributed by atoms with E-state index < -0.39 is 44.1 Å². The molecule has 0 saturated carbocycles. The Labute approximate surface area is 254 Å². The number of likely N-dealkylation sites (tertiary alicyclic amines) is 1. The Bertz CT molecular complexity index is 1600. The summed E-state index contributed by atoms with van der Waals surface area (Å²) in [6, 6.07) is 8.40. The normalized spacial score (nSPS) is 20.7. The minimum Gasteiger partial charge on any atom is -0.404 e. The van der Waals surface area contributed by atoms with E-state index in [0.717, 1.165) is 30.2 Å². The van der Waals surface area contributed by atoms with Crippen LogP contribution in [0.2, 0.25) is 0 Å². The van der Waals surface area contributed by atoms with Gasteiger partial charge in [-0.2, -0.15) is 13.2 Å². The zero-order chi connectivity index (χ0) is 31.7. The smallest absolute Gasteiger partial charge is 0.404 e. The van der Waals surface area contributed by atoms with Gasteiger partial charge in [0.15, 0.2) is 5.75 Å². The summed E-state index contributed by atoms with van der Waals surface area (Å²) >= 11 is 1.05. The molecule has 3 aromatic rings. The van der Waals surface area contributed by atoms with E-state index in [4.69, 9.17) is 0 Å². The quantitative estimate of drug-likeness (QED) is 0.155. The van der Waals surface area contributed by atoms with E-state index in [2.05, 4.69) is 27.2 Å². The van der Waals surface area contributed by atoms with Crippen LogP contribution in [-0.2, 0) is 11.0 Å². The second-order valence-corrected chi connectivity index (χ2v) is 15.3. The number of halogens is 7. The molecule has 5 rings (SSSR count). The third kappa shape index (κ3) is 7.82. The Hall–Kier alpha value is -2.94. The maximum atomic E-state index is 14.7. The molecule has 0 radical (unpaired) electrons. The number of alkyl halides is 7. The highest BCUT2D eigenvalue weighted by Gasteiger charge is 2.35. The lowest BCUT2D eigenvalue weighted by Crippen LogP contribution is -2.46. The van der Waals surface area contributed by atoms with Crippen molar-refractivity contribution in [3.8, 4) is 17.6 Å². The molecule has 2 fully saturated rings. The van der Waals surface area contributed by atoms with Crippen LogP contribution >= 0.6 is 18.5 Å². The Kier molecular flexibility index (Phi) is 9.45. The molecule has 14 heteroatoms. The lowest BCUT2D eigenvalue weighted by atomic mass is 10.0. The predicted molar refractivity (Wildman–Crippen MR) is 161 cm³/mol. The van der Waals surface area contributed by atoms with E-state index in [0.29, 0.717) is 46.4 Å². The van der Waals surface area contributed by atoms with Crippen LogP contribution in [0.4, 0.5) is 42.1 Å². The number of rotatable bonds is 7. The standard InChI is InChI=1S/C30H31F7N3O2PS/c1-40-13-11-23(22(31)18-40)39-25-7-4-6-20-21(17-29(32,33)34)27(44-28(20)25)8-5-12-38-24-10-9-19(43(41)14-2-3-15-43)16-26(24)42-30(35,36)37/h4,6-7,9-10,16,22-23,38-39H,2-3,11-15,17-18H2,1H3. The third-order valence-electron chi connectivity index (χ3n) is 7.80. The van der Waals surface area contributed by atoms with Crippen LogP contribution in [0.1, 0.15) is 29.7 Å². The van der Waals surface area contributed by atoms with Gasteiger partial charge < -0.3 is 24.8 Å². The number of fused-ring (bicyclic) bond motifs is 1. The van der Waals surface area contributed by atoms with Crippen molar-refractivity contribution in [3.63, 3.8) is 0 Å². The van der Waals surface area contributed by atoms with Crippen molar-refractivity contribution in [3.05, 3.63) is 46.8 Å². The highest BCUT2D eigenvalue weighted by atomic mass is 32.1. The van der Waals surface area contributed by atoms with Crippen molar-refractivity contribution in [2.45, 2.75) is 50.4 Å². The van der Waals surface area contributed by atoms with Crippen molar-refractivity contribution < 1.29 is 40.0 Å². The van der Waals surface area contributed by atoms with Crippen molar-refractivity contribution in [2.24, 2.45) is 0 Å². The monoisotopic (exact) mass is 661 g/mol. The number of nitrogens with zero attached hydrogens (tertiary/aromatic N) is 1. The Morgan fingerprint density at radius 1 is 1.09 bits per heavy atom. The molecule has 2 aromatic carbocycles. The molecule has 2 atom stereocenters. The predicted octanol–water partition coefficient (Wildman–Crippen LogP) is 7.60. The third-order valence-corrected chi connectivity index (χ3v) is 12.3. The van der Waals surface area contributed by atoms with Gasteiger partial charge in [-0.3, -0.25) is 0 Å². The van der Waals surface area contributed by atoms with Crippen molar-refractivity contribution in [1.29, 1.82) is 0 Å². The van der Waals surface area contributed by atoms with E-state index in [9.17, 15) is 35.3 Å². The SMILES string of the molecule is CN1CCC(Nc2cccc3c(CC(F)(F)F)c(C#CCNc4ccc(P5(=O)CCCC5)cc4OC(F)(F)F)sc23)C(F)C1. The molecule has 2 N–H and O–H groups in total. The van der Waals surface area contributed by atoms with Crippen LogP contribution in [0.25, 0.3) is 10.1 Å². The van der Waals surface area contributed by atoms with Crippen molar-refractivity contribution in [1.82, 2.24) is 4.90 Å². The van der Waals surface area contributed by atoms with Crippen molar-refractivity contribution in [2.75, 3.05) is 49.6 Å². The number of hydrogen-bond acceptors (Lipinski definition) is 6. The number of anilines is 2. The van der Waals surface area contributed by atoms with Crippen LogP contribution in [0.15, 0.2) is 36.4 Å². The first-order chi connectivity index (χ1) is 20.7. The molecule has 2 aliphatic heterocycles. The molecule has 1 aromatic heterocycles. The van der Waals surface area contributed by atoms with Crippen LogP contribution in [0.5, 0.6) is 5.75 Å². The molecular formula is C30H31F7N3O2PS. The first-order valence-corrected chi connectivity index (χ1v) is 17.0. The zero-order valence-electron chi connectivity index (χ0n) is 23.7. The fourth-order valence-corrected chi connectivity index (χ4v) is 9.75. The summed E-state index contributed by atoms with van der Waals surface area (Å²) < 4.78 is 113. The molecule has 2 saturated heterocycles. The van der Waals surface area contributed by atoms with Crippen LogP contribution in [-0.4, -0.2) is 68.7 Å². The van der Waals surface area contributed by atoms with Gasteiger partial charge in [-0.25, -0.2) is 4.39 Å². The lowest BCUT2D eigenvalue weighted by molar-refractivity contribution is -0.274. The number of benzene rings is 2. The number of ether oxygens (including phenoxy) is 1. The largest absolute Gasteiger partial charge is 0.573 e. The summed E-state index contributed by atoms with van der Waals surface area (Å²) in [5.41, 5.74) is 0.471. The van der Waals surface area contributed by atoms with E-state index >= 15 is 0 Å². The maximum absolute atomic E-state index is 14.7. The molecule has 0 aliphatic carbocycles. The molecular weight excluding hydrogens is 630 g/mol. The summed E-state index contributed by atoms with van der Waals surface area (Å²) in [6.07, 6.45) is -9.02. The molecule has 0 spiro atoms. The summed E-state index contributed by atoms with van der Waals surface area (Å²) in [6.45, 7) is 0.730. The Balaban J connectivity index is 1.40. The average molecular weight is 662 g/mol. The molecule has 3 heterocycles. The van der Waals surface area contributed by atoms with E-state index in [1.54, 1.807) is 18.2 Å². The van der Waals surface area contributed by atoms with Crippen LogP contribution in [0.3, 0.4) is 0 Å². The molecule has 5 nitrogen and oxygen atoms in total. The van der Waals surface area contributed by atoms with Gasteiger partial charge in [-0.15, -0.1) is 24.5 Å². The molecule has 2 unspecified atom stereocenters. The minimum atomic E-state index is -4.99. The van der Waals surface area contributed by atoms with Gasteiger partial charge in [-0.05, 0) is 61.5 Å². The summed E-state index contributed by atoms with van der Waals surface area (Å²) in [4.78, 5) is 2.04. The zero-order valence-corrected chi connectivity index (χ0v) is 25.5. The molecule has 238 valence electrons. The van der Waals surface area contributed by atoms with E-state index in [1.165, 1.54) is 12.1 Å². The van der Waals surface area contributed by atoms with Gasteiger partial charge in [0, 0.05) is 30.7 Å². The van der Waals surface area contributed by atoms with E-state index in [-0.39, 0.29) is 29.2 Å². The van der Waals surface area contributed by atoms with Crippen LogP contribution < -0.4 is 20.7 Å². The number of hydrogen-bond donors (Lipinski definition) is 2. The first-order valence-electron chi connectivity index (χ1n) is 14.1. The lowest BCUT2D eigenvalue weighted by Gasteiger charge is -2.33. The molecule has 44 heavy (non-hydrogen) atoms. The van der Waals surface area contributed by atoms with Gasteiger partial charge in [0.25, 0.3) is 0 Å². The number of thiophene rings is 1. The summed E-state index contributed by atoms with van der Waals surface area (Å²) in [5.74, 6) is 4.94. The fourth-order valence-electron chi connectivity index (χ4n) is 5.67.